The molecule has 1 aliphatic rings. The van der Waals surface area contributed by atoms with Gasteiger partial charge in [-0.2, -0.15) is 0 Å². The Morgan fingerprint density at radius 2 is 1.88 bits per heavy atom. The van der Waals surface area contributed by atoms with E-state index in [0.29, 0.717) is 25.9 Å². The normalized spacial score (nSPS) is 17.8. The average Bonchev–Trinajstić information content (AvgIpc) is 3.09. The predicted molar refractivity (Wildman–Crippen MR) is 100 cm³/mol. The molecule has 0 spiro atoms. The topological polar surface area (TPSA) is 78.5 Å². The first-order valence-electron chi connectivity index (χ1n) is 9.27. The number of rotatable bonds is 7. The highest BCUT2D eigenvalue weighted by Gasteiger charge is 2.34. The van der Waals surface area contributed by atoms with E-state index in [2.05, 4.69) is 10.6 Å². The van der Waals surface area contributed by atoms with Gasteiger partial charge in [-0.25, -0.2) is 0 Å². The standard InChI is InChI=1S/C20H29N3O3/c1-14(2)12-17(19(25)21-13-16-8-5-4-6-9-16)22-20(26)18-10-7-11-23(18)15(3)24/h4-6,8-9,14,17-18H,7,10-13H2,1-3H3,(H,21,25)(H,22,26)/t17-,18-/m0/s1. The Balaban J connectivity index is 1.98. The number of nitrogens with one attached hydrogen (secondary N) is 2. The minimum absolute atomic E-state index is 0.100. The SMILES string of the molecule is CC(=O)N1CCC[C@H]1C(=O)N[C@@H](CC(C)C)C(=O)NCc1ccccc1. The number of carbonyl (C=O) groups excluding carboxylic acids is 3. The van der Waals surface area contributed by atoms with Crippen LogP contribution in [0, 0.1) is 5.92 Å². The van der Waals surface area contributed by atoms with Crippen LogP contribution < -0.4 is 10.6 Å². The third-order valence-electron chi connectivity index (χ3n) is 4.61. The maximum Gasteiger partial charge on any atom is 0.243 e. The van der Waals surface area contributed by atoms with Gasteiger partial charge in [-0.05, 0) is 30.7 Å². The van der Waals surface area contributed by atoms with Gasteiger partial charge in [0.15, 0.2) is 0 Å². The Hall–Kier alpha value is -2.37. The summed E-state index contributed by atoms with van der Waals surface area (Å²) in [6.45, 7) is 6.53. The van der Waals surface area contributed by atoms with Crippen LogP contribution in [0.2, 0.25) is 0 Å². The molecule has 2 rings (SSSR count). The highest BCUT2D eigenvalue weighted by molar-refractivity contribution is 5.92. The van der Waals surface area contributed by atoms with Crippen molar-refractivity contribution < 1.29 is 14.4 Å². The lowest BCUT2D eigenvalue weighted by Crippen LogP contribution is -2.53. The van der Waals surface area contributed by atoms with E-state index in [9.17, 15) is 14.4 Å². The number of benzene rings is 1. The molecule has 2 N–H and O–H groups in total. The summed E-state index contributed by atoms with van der Waals surface area (Å²) >= 11 is 0. The van der Waals surface area contributed by atoms with E-state index in [-0.39, 0.29) is 23.6 Å². The average molecular weight is 359 g/mol. The van der Waals surface area contributed by atoms with E-state index in [1.807, 2.05) is 44.2 Å². The van der Waals surface area contributed by atoms with Crippen LogP contribution in [0.5, 0.6) is 0 Å². The Bertz CT molecular complexity index is 630. The first-order chi connectivity index (χ1) is 12.4. The van der Waals surface area contributed by atoms with Crippen LogP contribution in [0.4, 0.5) is 0 Å². The molecule has 0 saturated carbocycles. The van der Waals surface area contributed by atoms with Crippen molar-refractivity contribution in [3.05, 3.63) is 35.9 Å². The number of hydrogen-bond acceptors (Lipinski definition) is 3. The highest BCUT2D eigenvalue weighted by atomic mass is 16.2. The zero-order valence-corrected chi connectivity index (χ0v) is 15.8. The maximum absolute atomic E-state index is 12.6. The molecule has 0 unspecified atom stereocenters. The van der Waals surface area contributed by atoms with Gasteiger partial charge in [-0.3, -0.25) is 14.4 Å². The number of amides is 3. The van der Waals surface area contributed by atoms with E-state index >= 15 is 0 Å². The Labute approximate surface area is 155 Å². The molecule has 6 nitrogen and oxygen atoms in total. The third-order valence-corrected chi connectivity index (χ3v) is 4.61. The number of hydrogen-bond donors (Lipinski definition) is 2. The molecule has 26 heavy (non-hydrogen) atoms. The van der Waals surface area contributed by atoms with Crippen molar-refractivity contribution in [3.63, 3.8) is 0 Å². The lowest BCUT2D eigenvalue weighted by Gasteiger charge is -2.26. The van der Waals surface area contributed by atoms with Crippen molar-refractivity contribution in [1.29, 1.82) is 0 Å². The second kappa shape index (κ2) is 9.36. The van der Waals surface area contributed by atoms with Gasteiger partial charge in [0.1, 0.15) is 12.1 Å². The summed E-state index contributed by atoms with van der Waals surface area (Å²) in [5.74, 6) is -0.270. The summed E-state index contributed by atoms with van der Waals surface area (Å²) < 4.78 is 0. The molecule has 1 fully saturated rings. The molecule has 3 amide bonds. The van der Waals surface area contributed by atoms with Crippen molar-refractivity contribution in [2.24, 2.45) is 5.92 Å². The second-order valence-corrected chi connectivity index (χ2v) is 7.26. The van der Waals surface area contributed by atoms with Gasteiger partial charge < -0.3 is 15.5 Å². The highest BCUT2D eigenvalue weighted by Crippen LogP contribution is 2.18. The molecule has 1 saturated heterocycles. The maximum atomic E-state index is 12.6. The van der Waals surface area contributed by atoms with Crippen LogP contribution >= 0.6 is 0 Å². The summed E-state index contributed by atoms with van der Waals surface area (Å²) in [6.07, 6.45) is 2.01. The lowest BCUT2D eigenvalue weighted by molar-refractivity contribution is -0.138. The Morgan fingerprint density at radius 3 is 2.50 bits per heavy atom. The summed E-state index contributed by atoms with van der Waals surface area (Å²) in [5.41, 5.74) is 1.01. The van der Waals surface area contributed by atoms with Gasteiger partial charge in [-0.1, -0.05) is 44.2 Å². The molecule has 1 aliphatic heterocycles. The van der Waals surface area contributed by atoms with Crippen LogP contribution in [0.15, 0.2) is 30.3 Å². The number of likely N-dealkylation sites (tertiary alicyclic amines) is 1. The number of nitrogens with zero attached hydrogens (tertiary/aromatic N) is 1. The molecule has 1 aromatic rings. The quantitative estimate of drug-likeness (QED) is 0.780. The van der Waals surface area contributed by atoms with Crippen LogP contribution in [-0.2, 0) is 20.9 Å². The zero-order chi connectivity index (χ0) is 19.1. The lowest BCUT2D eigenvalue weighted by atomic mass is 10.0. The van der Waals surface area contributed by atoms with Crippen LogP contribution in [0.25, 0.3) is 0 Å². The minimum atomic E-state index is -0.597. The van der Waals surface area contributed by atoms with Gasteiger partial charge in [0.05, 0.1) is 0 Å². The molecular weight excluding hydrogens is 330 g/mol. The largest absolute Gasteiger partial charge is 0.350 e. The second-order valence-electron chi connectivity index (χ2n) is 7.26. The van der Waals surface area contributed by atoms with E-state index in [4.69, 9.17) is 0 Å². The number of carbonyl (C=O) groups is 3. The van der Waals surface area contributed by atoms with E-state index < -0.39 is 12.1 Å². The smallest absolute Gasteiger partial charge is 0.243 e. The first kappa shape index (κ1) is 19.9. The molecule has 142 valence electrons. The van der Waals surface area contributed by atoms with E-state index in [1.54, 1.807) is 4.90 Å². The summed E-state index contributed by atoms with van der Waals surface area (Å²) in [6, 6.07) is 8.59. The van der Waals surface area contributed by atoms with Crippen LogP contribution in [0.3, 0.4) is 0 Å². The molecule has 0 radical (unpaired) electrons. The molecule has 0 aromatic heterocycles. The minimum Gasteiger partial charge on any atom is -0.350 e. The van der Waals surface area contributed by atoms with Gasteiger partial charge in [0.25, 0.3) is 0 Å². The Morgan fingerprint density at radius 1 is 1.19 bits per heavy atom. The predicted octanol–water partition coefficient (Wildman–Crippen LogP) is 1.84. The van der Waals surface area contributed by atoms with E-state index in [1.165, 1.54) is 6.92 Å². The molecular formula is C20H29N3O3. The molecule has 1 heterocycles. The van der Waals surface area contributed by atoms with Crippen molar-refractivity contribution in [1.82, 2.24) is 15.5 Å². The molecule has 2 atom stereocenters. The van der Waals surface area contributed by atoms with Crippen LogP contribution in [0.1, 0.15) is 45.6 Å². The van der Waals surface area contributed by atoms with Gasteiger partial charge in [0.2, 0.25) is 17.7 Å². The molecule has 0 aliphatic carbocycles. The summed E-state index contributed by atoms with van der Waals surface area (Å²) in [7, 11) is 0. The molecule has 6 heteroatoms. The van der Waals surface area contributed by atoms with E-state index in [0.717, 1.165) is 12.0 Å². The molecule has 1 aromatic carbocycles. The molecule has 0 bridgehead atoms. The van der Waals surface area contributed by atoms with Crippen molar-refractivity contribution >= 4 is 17.7 Å². The monoisotopic (exact) mass is 359 g/mol. The van der Waals surface area contributed by atoms with Crippen LogP contribution in [-0.4, -0.2) is 41.2 Å². The van der Waals surface area contributed by atoms with Gasteiger partial charge in [0, 0.05) is 20.0 Å². The summed E-state index contributed by atoms with van der Waals surface area (Å²) in [4.78, 5) is 38.5. The summed E-state index contributed by atoms with van der Waals surface area (Å²) in [5, 5.41) is 5.77. The van der Waals surface area contributed by atoms with Crippen molar-refractivity contribution in [2.45, 2.75) is 58.7 Å². The van der Waals surface area contributed by atoms with Crippen molar-refractivity contribution in [2.75, 3.05) is 6.54 Å². The fraction of sp³-hybridized carbons (Fsp3) is 0.550. The van der Waals surface area contributed by atoms with Crippen molar-refractivity contribution in [3.8, 4) is 0 Å². The third kappa shape index (κ3) is 5.58. The fourth-order valence-electron chi connectivity index (χ4n) is 3.30. The van der Waals surface area contributed by atoms with Gasteiger partial charge in [-0.15, -0.1) is 0 Å². The zero-order valence-electron chi connectivity index (χ0n) is 15.8. The first-order valence-corrected chi connectivity index (χ1v) is 9.27. The fourth-order valence-corrected chi connectivity index (χ4v) is 3.30. The van der Waals surface area contributed by atoms with Gasteiger partial charge >= 0.3 is 0 Å². The Kier molecular flexibility index (Phi) is 7.18.